The lowest BCUT2D eigenvalue weighted by atomic mass is 10.1. The first-order chi connectivity index (χ1) is 14.3. The van der Waals surface area contributed by atoms with Gasteiger partial charge in [-0.05, 0) is 25.0 Å². The highest BCUT2D eigenvalue weighted by atomic mass is 32.1. The summed E-state index contributed by atoms with van der Waals surface area (Å²) in [4.78, 5) is 39.2. The molecule has 0 bridgehead atoms. The van der Waals surface area contributed by atoms with Gasteiger partial charge in [0.05, 0.1) is 17.0 Å². The highest BCUT2D eigenvalue weighted by molar-refractivity contribution is 7.14. The fraction of sp³-hybridized carbons (Fsp3) is 0.190. The van der Waals surface area contributed by atoms with Crippen molar-refractivity contribution in [1.29, 1.82) is 0 Å². The summed E-state index contributed by atoms with van der Waals surface area (Å²) in [6.45, 7) is 3.39. The number of benzene rings is 2. The summed E-state index contributed by atoms with van der Waals surface area (Å²) in [5.41, 5.74) is 2.85. The number of nitro groups is 1. The van der Waals surface area contributed by atoms with Crippen LogP contribution < -0.4 is 5.32 Å². The van der Waals surface area contributed by atoms with Crippen molar-refractivity contribution in [2.45, 2.75) is 26.4 Å². The first-order valence-electron chi connectivity index (χ1n) is 9.08. The molecule has 0 saturated carbocycles. The maximum atomic E-state index is 12.3. The van der Waals surface area contributed by atoms with E-state index in [1.807, 2.05) is 31.2 Å². The van der Waals surface area contributed by atoms with Crippen molar-refractivity contribution >= 4 is 34.0 Å². The van der Waals surface area contributed by atoms with E-state index < -0.39 is 22.9 Å². The van der Waals surface area contributed by atoms with Crippen LogP contribution in [0, 0.1) is 17.0 Å². The predicted molar refractivity (Wildman–Crippen MR) is 113 cm³/mol. The van der Waals surface area contributed by atoms with E-state index in [0.29, 0.717) is 16.4 Å². The molecule has 1 amide bonds. The smallest absolute Gasteiger partial charge is 0.311 e. The summed E-state index contributed by atoms with van der Waals surface area (Å²) in [6, 6.07) is 13.5. The third-order valence-electron chi connectivity index (χ3n) is 4.36. The molecule has 1 atom stereocenters. The average molecular weight is 425 g/mol. The van der Waals surface area contributed by atoms with Gasteiger partial charge in [0.1, 0.15) is 0 Å². The molecule has 1 N–H and O–H groups in total. The lowest BCUT2D eigenvalue weighted by Gasteiger charge is -2.13. The Morgan fingerprint density at radius 3 is 2.73 bits per heavy atom. The number of non-ortho nitro benzene ring substituents is 1. The fourth-order valence-electron chi connectivity index (χ4n) is 2.71. The van der Waals surface area contributed by atoms with Gasteiger partial charge in [0.15, 0.2) is 11.2 Å². The maximum Gasteiger partial charge on any atom is 0.311 e. The average Bonchev–Trinajstić information content (AvgIpc) is 3.18. The summed E-state index contributed by atoms with van der Waals surface area (Å²) in [5.74, 6) is -1.00. The van der Waals surface area contributed by atoms with Gasteiger partial charge in [0, 0.05) is 23.1 Å². The van der Waals surface area contributed by atoms with Crippen LogP contribution in [0.4, 0.5) is 10.8 Å². The molecule has 3 aromatic rings. The van der Waals surface area contributed by atoms with Crippen molar-refractivity contribution in [2.24, 2.45) is 0 Å². The summed E-state index contributed by atoms with van der Waals surface area (Å²) in [7, 11) is 0. The van der Waals surface area contributed by atoms with Gasteiger partial charge in [-0.3, -0.25) is 25.0 Å². The molecule has 8 nitrogen and oxygen atoms in total. The van der Waals surface area contributed by atoms with Crippen molar-refractivity contribution in [3.63, 3.8) is 0 Å². The molecule has 30 heavy (non-hydrogen) atoms. The summed E-state index contributed by atoms with van der Waals surface area (Å²) >= 11 is 1.17. The van der Waals surface area contributed by atoms with Crippen LogP contribution in [0.3, 0.4) is 0 Å². The first kappa shape index (κ1) is 21.1. The third kappa shape index (κ3) is 5.26. The Morgan fingerprint density at radius 2 is 2.00 bits per heavy atom. The molecule has 0 aliphatic carbocycles. The second-order valence-electron chi connectivity index (χ2n) is 6.57. The second-order valence-corrected chi connectivity index (χ2v) is 7.43. The van der Waals surface area contributed by atoms with Crippen molar-refractivity contribution in [3.05, 3.63) is 75.2 Å². The van der Waals surface area contributed by atoms with E-state index in [-0.39, 0.29) is 12.1 Å². The molecule has 1 aromatic heterocycles. The normalized spacial score (nSPS) is 11.5. The largest absolute Gasteiger partial charge is 0.452 e. The second kappa shape index (κ2) is 9.27. The standard InChI is InChI=1S/C21H19N3O5S/c1-13-6-3-4-7-15(13)11-19(25)29-14(2)20(26)23-21-22-18(12-30-21)16-8-5-9-17(10-16)24(27)28/h3-10,12,14H,11H2,1-2H3,(H,22,23,26). The molecule has 1 unspecified atom stereocenters. The number of aromatic nitrogens is 1. The van der Waals surface area contributed by atoms with Crippen LogP contribution in [-0.2, 0) is 20.7 Å². The topological polar surface area (TPSA) is 111 Å². The fourth-order valence-corrected chi connectivity index (χ4v) is 3.43. The van der Waals surface area contributed by atoms with Crippen LogP contribution >= 0.6 is 11.3 Å². The van der Waals surface area contributed by atoms with Gasteiger partial charge < -0.3 is 4.74 Å². The van der Waals surface area contributed by atoms with Gasteiger partial charge in [-0.1, -0.05) is 36.4 Å². The zero-order chi connectivity index (χ0) is 21.7. The number of amides is 1. The number of thiazole rings is 1. The van der Waals surface area contributed by atoms with Gasteiger partial charge in [0.25, 0.3) is 11.6 Å². The Hall–Kier alpha value is -3.59. The number of rotatable bonds is 7. The van der Waals surface area contributed by atoms with Gasteiger partial charge in [0.2, 0.25) is 0 Å². The quantitative estimate of drug-likeness (QED) is 0.346. The Morgan fingerprint density at radius 1 is 1.23 bits per heavy atom. The minimum Gasteiger partial charge on any atom is -0.452 e. The van der Waals surface area contributed by atoms with Crippen molar-refractivity contribution < 1.29 is 19.2 Å². The molecule has 9 heteroatoms. The molecular formula is C21H19N3O5S. The predicted octanol–water partition coefficient (Wildman–Crippen LogP) is 4.14. The van der Waals surface area contributed by atoms with Gasteiger partial charge in [-0.25, -0.2) is 4.98 Å². The summed E-state index contributed by atoms with van der Waals surface area (Å²) in [6.07, 6.45) is -0.912. The number of nitrogens with zero attached hydrogens (tertiary/aromatic N) is 2. The number of esters is 1. The number of nitrogens with one attached hydrogen (secondary N) is 1. The highest BCUT2D eigenvalue weighted by Crippen LogP contribution is 2.27. The Bertz CT molecular complexity index is 1100. The molecule has 0 fully saturated rings. The number of aryl methyl sites for hydroxylation is 1. The van der Waals surface area contributed by atoms with E-state index in [9.17, 15) is 19.7 Å². The van der Waals surface area contributed by atoms with Crippen molar-refractivity contribution in [3.8, 4) is 11.3 Å². The molecular weight excluding hydrogens is 406 g/mol. The van der Waals surface area contributed by atoms with Crippen LogP contribution in [0.15, 0.2) is 53.9 Å². The zero-order valence-electron chi connectivity index (χ0n) is 16.3. The monoisotopic (exact) mass is 425 g/mol. The van der Waals surface area contributed by atoms with Crippen LogP contribution in [0.5, 0.6) is 0 Å². The van der Waals surface area contributed by atoms with E-state index in [2.05, 4.69) is 10.3 Å². The van der Waals surface area contributed by atoms with Crippen LogP contribution in [0.2, 0.25) is 0 Å². The molecule has 0 aliphatic heterocycles. The molecule has 0 spiro atoms. The number of hydrogen-bond acceptors (Lipinski definition) is 7. The lowest BCUT2D eigenvalue weighted by molar-refractivity contribution is -0.384. The van der Waals surface area contributed by atoms with Gasteiger partial charge in [-0.15, -0.1) is 11.3 Å². The molecule has 2 aromatic carbocycles. The van der Waals surface area contributed by atoms with E-state index in [1.54, 1.807) is 17.5 Å². The summed E-state index contributed by atoms with van der Waals surface area (Å²) < 4.78 is 5.23. The van der Waals surface area contributed by atoms with E-state index in [4.69, 9.17) is 4.74 Å². The van der Waals surface area contributed by atoms with Crippen LogP contribution in [0.1, 0.15) is 18.1 Å². The van der Waals surface area contributed by atoms with E-state index >= 15 is 0 Å². The van der Waals surface area contributed by atoms with E-state index in [1.165, 1.54) is 30.4 Å². The van der Waals surface area contributed by atoms with Crippen molar-refractivity contribution in [2.75, 3.05) is 5.32 Å². The number of carbonyl (C=O) groups is 2. The number of nitro benzene ring substituents is 1. The SMILES string of the molecule is Cc1ccccc1CC(=O)OC(C)C(=O)Nc1nc(-c2cccc([N+](=O)[O-])c2)cs1. The molecule has 0 saturated heterocycles. The lowest BCUT2D eigenvalue weighted by Crippen LogP contribution is -2.30. The molecule has 1 heterocycles. The number of carbonyl (C=O) groups excluding carboxylic acids is 2. The van der Waals surface area contributed by atoms with E-state index in [0.717, 1.165) is 11.1 Å². The Labute approximate surface area is 176 Å². The Kier molecular flexibility index (Phi) is 6.53. The number of hydrogen-bond donors (Lipinski definition) is 1. The number of anilines is 1. The van der Waals surface area contributed by atoms with Crippen LogP contribution in [0.25, 0.3) is 11.3 Å². The summed E-state index contributed by atoms with van der Waals surface area (Å²) in [5, 5.41) is 15.5. The highest BCUT2D eigenvalue weighted by Gasteiger charge is 2.20. The molecule has 0 radical (unpaired) electrons. The zero-order valence-corrected chi connectivity index (χ0v) is 17.1. The first-order valence-corrected chi connectivity index (χ1v) is 9.96. The van der Waals surface area contributed by atoms with Crippen LogP contribution in [-0.4, -0.2) is 27.9 Å². The third-order valence-corrected chi connectivity index (χ3v) is 5.12. The molecule has 154 valence electrons. The minimum atomic E-state index is -0.994. The maximum absolute atomic E-state index is 12.3. The molecule has 0 aliphatic rings. The number of ether oxygens (including phenoxy) is 1. The molecule has 3 rings (SSSR count). The minimum absolute atomic E-state index is 0.0414. The Balaban J connectivity index is 1.59. The van der Waals surface area contributed by atoms with Crippen molar-refractivity contribution in [1.82, 2.24) is 4.98 Å². The van der Waals surface area contributed by atoms with Gasteiger partial charge in [-0.2, -0.15) is 0 Å². The van der Waals surface area contributed by atoms with Gasteiger partial charge >= 0.3 is 5.97 Å².